The maximum atomic E-state index is 2.27. The second kappa shape index (κ2) is 4.31. The zero-order valence-corrected chi connectivity index (χ0v) is 9.33. The number of allylic oxidation sites excluding steroid dienone is 2. The van der Waals surface area contributed by atoms with Crippen molar-refractivity contribution >= 4 is 10.8 Å². The van der Waals surface area contributed by atoms with Gasteiger partial charge in [-0.15, -0.1) is 0 Å². The van der Waals surface area contributed by atoms with Crippen LogP contribution in [0.15, 0.2) is 54.1 Å². The van der Waals surface area contributed by atoms with Crippen LogP contribution in [0.25, 0.3) is 10.8 Å². The fourth-order valence-corrected chi connectivity index (χ4v) is 1.69. The highest BCUT2D eigenvalue weighted by atomic mass is 14.0. The maximum Gasteiger partial charge on any atom is -0.00948 e. The topological polar surface area (TPSA) is 0 Å². The standard InChI is InChI=1S/C15H16/c1-12(2)7-8-13-9-10-14-5-3-4-6-15(14)11-13/h3-7,9-11H,8H2,1-2H3. The van der Waals surface area contributed by atoms with E-state index in [0.717, 1.165) is 6.42 Å². The largest absolute Gasteiger partial charge is 0.0815 e. The lowest BCUT2D eigenvalue weighted by molar-refractivity contribution is 1.22. The molecule has 0 unspecified atom stereocenters. The lowest BCUT2D eigenvalue weighted by Crippen LogP contribution is -1.82. The van der Waals surface area contributed by atoms with Crippen LogP contribution in [-0.2, 0) is 6.42 Å². The van der Waals surface area contributed by atoms with Crippen molar-refractivity contribution in [3.05, 3.63) is 59.7 Å². The molecule has 0 fully saturated rings. The molecule has 15 heavy (non-hydrogen) atoms. The van der Waals surface area contributed by atoms with Crippen molar-refractivity contribution in [3.8, 4) is 0 Å². The summed E-state index contributed by atoms with van der Waals surface area (Å²) in [6, 6.07) is 15.2. The maximum absolute atomic E-state index is 2.27. The third kappa shape index (κ3) is 2.47. The molecule has 0 heteroatoms. The molecule has 2 aromatic rings. The second-order valence-corrected chi connectivity index (χ2v) is 4.17. The van der Waals surface area contributed by atoms with E-state index in [1.165, 1.54) is 21.9 Å². The van der Waals surface area contributed by atoms with Gasteiger partial charge in [-0.05, 0) is 36.6 Å². The summed E-state index contributed by atoms with van der Waals surface area (Å²) in [5, 5.41) is 2.65. The molecule has 0 aliphatic heterocycles. The first-order valence-corrected chi connectivity index (χ1v) is 5.37. The minimum absolute atomic E-state index is 1.03. The molecule has 0 aromatic heterocycles. The van der Waals surface area contributed by atoms with Gasteiger partial charge >= 0.3 is 0 Å². The lowest BCUT2D eigenvalue weighted by Gasteiger charge is -2.01. The lowest BCUT2D eigenvalue weighted by atomic mass is 10.0. The predicted molar refractivity (Wildman–Crippen MR) is 67.1 cm³/mol. The van der Waals surface area contributed by atoms with Crippen molar-refractivity contribution in [2.75, 3.05) is 0 Å². The third-order valence-electron chi connectivity index (χ3n) is 2.56. The average Bonchev–Trinajstić information content (AvgIpc) is 2.26. The minimum atomic E-state index is 1.03. The molecule has 0 radical (unpaired) electrons. The number of rotatable bonds is 2. The zero-order chi connectivity index (χ0) is 10.7. The molecular formula is C15H16. The zero-order valence-electron chi connectivity index (χ0n) is 9.33. The molecule has 0 nitrogen and oxygen atoms in total. The monoisotopic (exact) mass is 196 g/mol. The van der Waals surface area contributed by atoms with E-state index in [2.05, 4.69) is 62.4 Å². The van der Waals surface area contributed by atoms with Crippen LogP contribution in [0, 0.1) is 0 Å². The Morgan fingerprint density at radius 3 is 2.47 bits per heavy atom. The highest BCUT2D eigenvalue weighted by Crippen LogP contribution is 2.16. The van der Waals surface area contributed by atoms with Crippen LogP contribution in [0.4, 0.5) is 0 Å². The van der Waals surface area contributed by atoms with E-state index >= 15 is 0 Å². The first kappa shape index (κ1) is 9.97. The Bertz CT molecular complexity index is 488. The molecule has 2 aromatic carbocycles. The van der Waals surface area contributed by atoms with Crippen LogP contribution >= 0.6 is 0 Å². The van der Waals surface area contributed by atoms with Crippen molar-refractivity contribution < 1.29 is 0 Å². The number of hydrogen-bond acceptors (Lipinski definition) is 0. The Morgan fingerprint density at radius 2 is 1.73 bits per heavy atom. The van der Waals surface area contributed by atoms with Crippen LogP contribution in [0.3, 0.4) is 0 Å². The molecule has 0 saturated heterocycles. The fourth-order valence-electron chi connectivity index (χ4n) is 1.69. The molecule has 0 amide bonds. The van der Waals surface area contributed by atoms with E-state index in [1.807, 2.05) is 0 Å². The van der Waals surface area contributed by atoms with Gasteiger partial charge < -0.3 is 0 Å². The van der Waals surface area contributed by atoms with Gasteiger partial charge in [-0.2, -0.15) is 0 Å². The highest BCUT2D eigenvalue weighted by Gasteiger charge is 1.94. The van der Waals surface area contributed by atoms with Crippen molar-refractivity contribution in [1.82, 2.24) is 0 Å². The number of hydrogen-bond donors (Lipinski definition) is 0. The SMILES string of the molecule is CC(C)=CCc1ccc2ccccc2c1. The Kier molecular flexibility index (Phi) is 2.86. The predicted octanol–water partition coefficient (Wildman–Crippen LogP) is 4.35. The molecule has 0 atom stereocenters. The summed E-state index contributed by atoms with van der Waals surface area (Å²) in [5.41, 5.74) is 2.76. The van der Waals surface area contributed by atoms with Gasteiger partial charge in [0.25, 0.3) is 0 Å². The van der Waals surface area contributed by atoms with Gasteiger partial charge in [0.15, 0.2) is 0 Å². The molecular weight excluding hydrogens is 180 g/mol. The van der Waals surface area contributed by atoms with Crippen molar-refractivity contribution in [1.29, 1.82) is 0 Å². The molecule has 0 saturated carbocycles. The molecule has 0 bridgehead atoms. The van der Waals surface area contributed by atoms with E-state index in [0.29, 0.717) is 0 Å². The minimum Gasteiger partial charge on any atom is -0.0815 e. The Balaban J connectivity index is 2.34. The summed E-state index contributed by atoms with van der Waals surface area (Å²) >= 11 is 0. The highest BCUT2D eigenvalue weighted by molar-refractivity contribution is 5.83. The molecule has 0 aliphatic rings. The van der Waals surface area contributed by atoms with Gasteiger partial charge in [0.2, 0.25) is 0 Å². The number of fused-ring (bicyclic) bond motifs is 1. The van der Waals surface area contributed by atoms with E-state index < -0.39 is 0 Å². The van der Waals surface area contributed by atoms with E-state index in [4.69, 9.17) is 0 Å². The summed E-state index contributed by atoms with van der Waals surface area (Å²) in [7, 11) is 0. The van der Waals surface area contributed by atoms with Crippen molar-refractivity contribution in [2.45, 2.75) is 20.3 Å². The van der Waals surface area contributed by atoms with Crippen LogP contribution < -0.4 is 0 Å². The van der Waals surface area contributed by atoms with Gasteiger partial charge in [-0.1, -0.05) is 54.1 Å². The second-order valence-electron chi connectivity index (χ2n) is 4.17. The van der Waals surface area contributed by atoms with E-state index in [1.54, 1.807) is 0 Å². The van der Waals surface area contributed by atoms with Gasteiger partial charge in [-0.3, -0.25) is 0 Å². The molecule has 0 heterocycles. The Hall–Kier alpha value is -1.56. The van der Waals surface area contributed by atoms with Gasteiger partial charge in [0.05, 0.1) is 0 Å². The normalized spacial score (nSPS) is 10.3. The summed E-state index contributed by atoms with van der Waals surface area (Å²) in [4.78, 5) is 0. The fraction of sp³-hybridized carbons (Fsp3) is 0.200. The van der Waals surface area contributed by atoms with Crippen LogP contribution in [0.2, 0.25) is 0 Å². The molecule has 2 rings (SSSR count). The summed E-state index contributed by atoms with van der Waals surface area (Å²) < 4.78 is 0. The third-order valence-corrected chi connectivity index (χ3v) is 2.56. The Labute approximate surface area is 91.2 Å². The van der Waals surface area contributed by atoms with Crippen LogP contribution in [0.5, 0.6) is 0 Å². The summed E-state index contributed by atoms with van der Waals surface area (Å²) in [6.07, 6.45) is 3.30. The summed E-state index contributed by atoms with van der Waals surface area (Å²) in [6.45, 7) is 4.28. The van der Waals surface area contributed by atoms with E-state index in [-0.39, 0.29) is 0 Å². The van der Waals surface area contributed by atoms with Crippen LogP contribution in [0.1, 0.15) is 19.4 Å². The van der Waals surface area contributed by atoms with Gasteiger partial charge in [-0.25, -0.2) is 0 Å². The average molecular weight is 196 g/mol. The van der Waals surface area contributed by atoms with Gasteiger partial charge in [0.1, 0.15) is 0 Å². The smallest absolute Gasteiger partial charge is 0.00948 e. The first-order chi connectivity index (χ1) is 7.25. The van der Waals surface area contributed by atoms with Crippen molar-refractivity contribution in [2.24, 2.45) is 0 Å². The van der Waals surface area contributed by atoms with E-state index in [9.17, 15) is 0 Å². The first-order valence-electron chi connectivity index (χ1n) is 5.37. The molecule has 0 aliphatic carbocycles. The Morgan fingerprint density at radius 1 is 1.00 bits per heavy atom. The molecule has 0 spiro atoms. The number of benzene rings is 2. The van der Waals surface area contributed by atoms with Crippen molar-refractivity contribution in [3.63, 3.8) is 0 Å². The quantitative estimate of drug-likeness (QED) is 0.626. The molecule has 0 N–H and O–H groups in total. The van der Waals surface area contributed by atoms with Crippen LogP contribution in [-0.4, -0.2) is 0 Å². The van der Waals surface area contributed by atoms with Gasteiger partial charge in [0, 0.05) is 0 Å². The molecule has 76 valence electrons. The summed E-state index contributed by atoms with van der Waals surface area (Å²) in [5.74, 6) is 0.